The lowest BCUT2D eigenvalue weighted by molar-refractivity contribution is -0.136. The fourth-order valence-corrected chi connectivity index (χ4v) is 3.12. The van der Waals surface area contributed by atoms with Crippen molar-refractivity contribution in [1.82, 2.24) is 15.2 Å². The third kappa shape index (κ3) is 3.19. The molecule has 3 heterocycles. The number of nitrogens with zero attached hydrogens (tertiary/aromatic N) is 3. The van der Waals surface area contributed by atoms with E-state index >= 15 is 0 Å². The van der Waals surface area contributed by atoms with Crippen LogP contribution in [-0.4, -0.2) is 55.1 Å². The molecule has 0 aromatic carbocycles. The molecule has 2 saturated heterocycles. The Labute approximate surface area is 123 Å². The van der Waals surface area contributed by atoms with Gasteiger partial charge in [-0.2, -0.15) is 0 Å². The van der Waals surface area contributed by atoms with Crippen LogP contribution in [0.1, 0.15) is 6.42 Å². The van der Waals surface area contributed by atoms with Crippen LogP contribution in [0.4, 0.5) is 5.13 Å². The van der Waals surface area contributed by atoms with E-state index in [-0.39, 0.29) is 18.3 Å². The normalized spacial score (nSPS) is 20.4. The minimum Gasteiger partial charge on any atom is -0.346 e. The summed E-state index contributed by atoms with van der Waals surface area (Å²) in [4.78, 5) is 20.8. The van der Waals surface area contributed by atoms with Gasteiger partial charge >= 0.3 is 0 Å². The van der Waals surface area contributed by atoms with E-state index in [0.29, 0.717) is 5.91 Å². The third-order valence-corrected chi connectivity index (χ3v) is 4.46. The van der Waals surface area contributed by atoms with Gasteiger partial charge < -0.3 is 15.1 Å². The monoisotopic (exact) mass is 302 g/mol. The molecule has 5 nitrogen and oxygen atoms in total. The van der Waals surface area contributed by atoms with Crippen LogP contribution in [0.2, 0.25) is 0 Å². The van der Waals surface area contributed by atoms with Crippen LogP contribution in [-0.2, 0) is 4.79 Å². The van der Waals surface area contributed by atoms with Gasteiger partial charge in [-0.1, -0.05) is 0 Å². The molecule has 2 aliphatic heterocycles. The Morgan fingerprint density at radius 1 is 1.32 bits per heavy atom. The molecule has 0 spiro atoms. The lowest BCUT2D eigenvalue weighted by atomic mass is 10.0. The summed E-state index contributed by atoms with van der Waals surface area (Å²) in [6.07, 6.45) is 2.87. The first-order valence-electron chi connectivity index (χ1n) is 6.48. The van der Waals surface area contributed by atoms with Crippen LogP contribution in [0, 0.1) is 5.92 Å². The number of carbonyl (C=O) groups is 1. The topological polar surface area (TPSA) is 48.5 Å². The first-order valence-corrected chi connectivity index (χ1v) is 7.36. The quantitative estimate of drug-likeness (QED) is 0.879. The van der Waals surface area contributed by atoms with E-state index in [1.165, 1.54) is 0 Å². The second kappa shape index (κ2) is 6.54. The number of nitrogens with one attached hydrogen (secondary N) is 1. The predicted molar refractivity (Wildman–Crippen MR) is 79.1 cm³/mol. The zero-order chi connectivity index (χ0) is 12.4. The summed E-state index contributed by atoms with van der Waals surface area (Å²) in [6.45, 7) is 5.32. The van der Waals surface area contributed by atoms with Crippen molar-refractivity contribution in [2.24, 2.45) is 5.92 Å². The number of halogens is 1. The lowest BCUT2D eigenvalue weighted by Gasteiger charge is -2.31. The molecule has 2 aliphatic rings. The van der Waals surface area contributed by atoms with Crippen molar-refractivity contribution >= 4 is 34.8 Å². The minimum atomic E-state index is 0. The van der Waals surface area contributed by atoms with Crippen molar-refractivity contribution in [2.75, 3.05) is 44.2 Å². The highest BCUT2D eigenvalue weighted by Gasteiger charge is 2.30. The second-order valence-corrected chi connectivity index (χ2v) is 5.71. The fraction of sp³-hybridized carbons (Fsp3) is 0.667. The van der Waals surface area contributed by atoms with Crippen molar-refractivity contribution in [1.29, 1.82) is 0 Å². The van der Waals surface area contributed by atoms with Crippen molar-refractivity contribution < 1.29 is 4.79 Å². The van der Waals surface area contributed by atoms with Crippen molar-refractivity contribution in [3.63, 3.8) is 0 Å². The summed E-state index contributed by atoms with van der Waals surface area (Å²) in [5.74, 6) is 0.547. The Morgan fingerprint density at radius 2 is 2.16 bits per heavy atom. The molecule has 1 aromatic rings. The Hall–Kier alpha value is -0.850. The van der Waals surface area contributed by atoms with Crippen LogP contribution in [0.3, 0.4) is 0 Å². The SMILES string of the molecule is Cl.O=C(C1CNC1)N1CCCN(c2nccs2)CC1. The maximum Gasteiger partial charge on any atom is 0.228 e. The highest BCUT2D eigenvalue weighted by molar-refractivity contribution is 7.13. The molecule has 0 bridgehead atoms. The third-order valence-electron chi connectivity index (χ3n) is 3.63. The molecule has 0 radical (unpaired) electrons. The maximum atomic E-state index is 12.2. The molecule has 0 atom stereocenters. The van der Waals surface area contributed by atoms with E-state index in [1.807, 2.05) is 16.5 Å². The van der Waals surface area contributed by atoms with Crippen LogP contribution < -0.4 is 10.2 Å². The first-order chi connectivity index (χ1) is 8.84. The minimum absolute atomic E-state index is 0. The van der Waals surface area contributed by atoms with Crippen LogP contribution in [0.5, 0.6) is 0 Å². The zero-order valence-electron chi connectivity index (χ0n) is 10.7. The maximum absolute atomic E-state index is 12.2. The average molecular weight is 303 g/mol. The molecule has 0 saturated carbocycles. The van der Waals surface area contributed by atoms with Gasteiger partial charge in [-0.05, 0) is 6.42 Å². The van der Waals surface area contributed by atoms with E-state index in [4.69, 9.17) is 0 Å². The number of amides is 1. The van der Waals surface area contributed by atoms with Crippen LogP contribution in [0.15, 0.2) is 11.6 Å². The number of thiazole rings is 1. The van der Waals surface area contributed by atoms with Crippen molar-refractivity contribution in [3.8, 4) is 0 Å². The summed E-state index contributed by atoms with van der Waals surface area (Å²) >= 11 is 1.67. The lowest BCUT2D eigenvalue weighted by Crippen LogP contribution is -2.52. The molecular weight excluding hydrogens is 284 g/mol. The van der Waals surface area contributed by atoms with Gasteiger partial charge in [-0.3, -0.25) is 4.79 Å². The molecule has 1 amide bonds. The van der Waals surface area contributed by atoms with Gasteiger partial charge in [0.05, 0.1) is 5.92 Å². The molecule has 3 rings (SSSR count). The molecule has 0 unspecified atom stereocenters. The average Bonchev–Trinajstić information content (AvgIpc) is 2.71. The summed E-state index contributed by atoms with van der Waals surface area (Å²) in [5.41, 5.74) is 0. The summed E-state index contributed by atoms with van der Waals surface area (Å²) in [7, 11) is 0. The number of anilines is 1. The van der Waals surface area contributed by atoms with Gasteiger partial charge in [0.15, 0.2) is 5.13 Å². The summed E-state index contributed by atoms with van der Waals surface area (Å²) < 4.78 is 0. The largest absolute Gasteiger partial charge is 0.346 e. The van der Waals surface area contributed by atoms with Gasteiger partial charge in [0.25, 0.3) is 0 Å². The molecule has 19 heavy (non-hydrogen) atoms. The summed E-state index contributed by atoms with van der Waals surface area (Å²) in [5, 5.41) is 6.24. The van der Waals surface area contributed by atoms with Crippen molar-refractivity contribution in [2.45, 2.75) is 6.42 Å². The van der Waals surface area contributed by atoms with Gasteiger partial charge in [0.1, 0.15) is 0 Å². The standard InChI is InChI=1S/C12H18N4OS.ClH/c17-11(10-8-13-9-10)15-3-1-4-16(6-5-15)12-14-2-7-18-12;/h2,7,10,13H,1,3-6,8-9H2;1H. The van der Waals surface area contributed by atoms with Gasteiger partial charge in [-0.25, -0.2) is 4.98 Å². The van der Waals surface area contributed by atoms with E-state index < -0.39 is 0 Å². The predicted octanol–water partition coefficient (Wildman–Crippen LogP) is 0.823. The van der Waals surface area contributed by atoms with E-state index in [9.17, 15) is 4.79 Å². The van der Waals surface area contributed by atoms with E-state index in [2.05, 4.69) is 15.2 Å². The van der Waals surface area contributed by atoms with Crippen molar-refractivity contribution in [3.05, 3.63) is 11.6 Å². The number of hydrogen-bond acceptors (Lipinski definition) is 5. The zero-order valence-corrected chi connectivity index (χ0v) is 12.4. The Balaban J connectivity index is 0.00000133. The van der Waals surface area contributed by atoms with Gasteiger partial charge in [-0.15, -0.1) is 23.7 Å². The molecule has 2 fully saturated rings. The molecule has 106 valence electrons. The number of aromatic nitrogens is 1. The highest BCUT2D eigenvalue weighted by atomic mass is 35.5. The number of rotatable bonds is 2. The molecule has 7 heteroatoms. The Morgan fingerprint density at radius 3 is 2.79 bits per heavy atom. The van der Waals surface area contributed by atoms with E-state index in [1.54, 1.807) is 11.3 Å². The smallest absolute Gasteiger partial charge is 0.228 e. The highest BCUT2D eigenvalue weighted by Crippen LogP contribution is 2.19. The van der Waals surface area contributed by atoms with Crippen LogP contribution >= 0.6 is 23.7 Å². The molecular formula is C12H19ClN4OS. The molecule has 1 N–H and O–H groups in total. The Kier molecular flexibility index (Phi) is 5.01. The van der Waals surface area contributed by atoms with Gasteiger partial charge in [0, 0.05) is 50.8 Å². The molecule has 0 aliphatic carbocycles. The molecule has 1 aromatic heterocycles. The fourth-order valence-electron chi connectivity index (χ4n) is 2.42. The first kappa shape index (κ1) is 14.6. The van der Waals surface area contributed by atoms with Crippen LogP contribution in [0.25, 0.3) is 0 Å². The second-order valence-electron chi connectivity index (χ2n) is 4.84. The Bertz CT molecular complexity index is 410. The summed E-state index contributed by atoms with van der Waals surface area (Å²) in [6, 6.07) is 0. The number of carbonyl (C=O) groups excluding carboxylic acids is 1. The van der Waals surface area contributed by atoms with E-state index in [0.717, 1.165) is 50.8 Å². The van der Waals surface area contributed by atoms with Gasteiger partial charge in [0.2, 0.25) is 5.91 Å². The number of hydrogen-bond donors (Lipinski definition) is 1.